The van der Waals surface area contributed by atoms with Gasteiger partial charge in [0, 0.05) is 56.2 Å². The number of benzene rings is 2. The van der Waals surface area contributed by atoms with Crippen LogP contribution in [0.25, 0.3) is 0 Å². The quantitative estimate of drug-likeness (QED) is 0.419. The summed E-state index contributed by atoms with van der Waals surface area (Å²) in [6.07, 6.45) is 0.940. The lowest BCUT2D eigenvalue weighted by molar-refractivity contribution is 0.0852. The number of aromatic nitrogens is 1. The van der Waals surface area contributed by atoms with Gasteiger partial charge in [0.15, 0.2) is 0 Å². The van der Waals surface area contributed by atoms with E-state index in [1.807, 2.05) is 30.3 Å². The molecule has 3 aromatic rings. The van der Waals surface area contributed by atoms with Crippen LogP contribution in [0.15, 0.2) is 66.9 Å². The standard InChI is InChI=1S/C26H30ClN5O3/c1-35-24-7-3-2-6-23(24)32-15-13-31(14-16-32)18-21(33)17-29-26(34)22-5-4-12-28-25(22)30-20-10-8-19(27)9-11-20/h2-12,21,33H,13-18H2,1H3,(H,28,30)(H,29,34). The fourth-order valence-electron chi connectivity index (χ4n) is 4.09. The van der Waals surface area contributed by atoms with Gasteiger partial charge in [-0.15, -0.1) is 0 Å². The van der Waals surface area contributed by atoms with Crippen molar-refractivity contribution in [2.45, 2.75) is 6.10 Å². The van der Waals surface area contributed by atoms with E-state index in [0.29, 0.717) is 22.9 Å². The van der Waals surface area contributed by atoms with Crippen LogP contribution in [0.5, 0.6) is 5.75 Å². The number of nitrogens with one attached hydrogen (secondary N) is 2. The van der Waals surface area contributed by atoms with Crippen molar-refractivity contribution in [3.63, 3.8) is 0 Å². The predicted molar refractivity (Wildman–Crippen MR) is 139 cm³/mol. The fraction of sp³-hybridized carbons (Fsp3) is 0.308. The van der Waals surface area contributed by atoms with E-state index in [4.69, 9.17) is 16.3 Å². The van der Waals surface area contributed by atoms with E-state index >= 15 is 0 Å². The van der Waals surface area contributed by atoms with E-state index in [1.54, 1.807) is 37.6 Å². The van der Waals surface area contributed by atoms with Crippen molar-refractivity contribution in [2.75, 3.05) is 56.6 Å². The van der Waals surface area contributed by atoms with Gasteiger partial charge in [-0.2, -0.15) is 0 Å². The van der Waals surface area contributed by atoms with Crippen LogP contribution in [0.4, 0.5) is 17.2 Å². The number of aliphatic hydroxyl groups is 1. The molecule has 9 heteroatoms. The van der Waals surface area contributed by atoms with Gasteiger partial charge in [0.25, 0.3) is 5.91 Å². The molecule has 0 radical (unpaired) electrons. The number of hydrogen-bond donors (Lipinski definition) is 3. The Morgan fingerprint density at radius 2 is 1.83 bits per heavy atom. The minimum Gasteiger partial charge on any atom is -0.495 e. The highest BCUT2D eigenvalue weighted by atomic mass is 35.5. The second-order valence-electron chi connectivity index (χ2n) is 8.35. The molecule has 0 aliphatic carbocycles. The topological polar surface area (TPSA) is 90.0 Å². The third kappa shape index (κ3) is 6.63. The van der Waals surface area contributed by atoms with E-state index < -0.39 is 6.10 Å². The molecule has 0 bridgehead atoms. The van der Waals surface area contributed by atoms with Crippen molar-refractivity contribution in [3.05, 3.63) is 77.4 Å². The normalized spacial score (nSPS) is 14.9. The number of methoxy groups -OCH3 is 1. The molecule has 3 N–H and O–H groups in total. The van der Waals surface area contributed by atoms with E-state index in [1.165, 1.54) is 0 Å². The summed E-state index contributed by atoms with van der Waals surface area (Å²) >= 11 is 5.94. The second kappa shape index (κ2) is 11.9. The summed E-state index contributed by atoms with van der Waals surface area (Å²) in [5, 5.41) is 17.2. The molecule has 0 saturated carbocycles. The molecule has 4 rings (SSSR count). The minimum atomic E-state index is -0.680. The van der Waals surface area contributed by atoms with Gasteiger partial charge in [-0.05, 0) is 48.5 Å². The third-order valence-corrected chi connectivity index (χ3v) is 6.18. The summed E-state index contributed by atoms with van der Waals surface area (Å²) in [5.41, 5.74) is 2.26. The zero-order chi connectivity index (χ0) is 24.6. The number of anilines is 3. The van der Waals surface area contributed by atoms with E-state index in [2.05, 4.69) is 31.5 Å². The van der Waals surface area contributed by atoms with Crippen LogP contribution in [-0.2, 0) is 0 Å². The number of ether oxygens (including phenoxy) is 1. The number of amides is 1. The van der Waals surface area contributed by atoms with Gasteiger partial charge in [0.05, 0.1) is 24.5 Å². The Hall–Kier alpha value is -3.33. The molecule has 1 atom stereocenters. The van der Waals surface area contributed by atoms with Crippen LogP contribution in [0.1, 0.15) is 10.4 Å². The monoisotopic (exact) mass is 495 g/mol. The van der Waals surface area contributed by atoms with E-state index in [9.17, 15) is 9.90 Å². The molecule has 1 aliphatic rings. The molecule has 0 spiro atoms. The van der Waals surface area contributed by atoms with E-state index in [-0.39, 0.29) is 12.5 Å². The van der Waals surface area contributed by atoms with Crippen molar-refractivity contribution in [1.29, 1.82) is 0 Å². The van der Waals surface area contributed by atoms with Crippen molar-refractivity contribution in [2.24, 2.45) is 0 Å². The lowest BCUT2D eigenvalue weighted by Crippen LogP contribution is -2.50. The van der Waals surface area contributed by atoms with Gasteiger partial charge < -0.3 is 25.4 Å². The summed E-state index contributed by atoms with van der Waals surface area (Å²) in [5.74, 6) is 1.01. The zero-order valence-corrected chi connectivity index (χ0v) is 20.4. The first-order valence-corrected chi connectivity index (χ1v) is 12.0. The highest BCUT2D eigenvalue weighted by Gasteiger charge is 2.22. The maximum absolute atomic E-state index is 12.8. The maximum Gasteiger partial charge on any atom is 0.255 e. The Labute approximate surface area is 210 Å². The lowest BCUT2D eigenvalue weighted by Gasteiger charge is -2.37. The van der Waals surface area contributed by atoms with Crippen molar-refractivity contribution in [1.82, 2.24) is 15.2 Å². The first-order chi connectivity index (χ1) is 17.0. The Bertz CT molecular complexity index is 1120. The van der Waals surface area contributed by atoms with Crippen LogP contribution < -0.4 is 20.3 Å². The van der Waals surface area contributed by atoms with Gasteiger partial charge in [0.1, 0.15) is 11.6 Å². The minimum absolute atomic E-state index is 0.154. The van der Waals surface area contributed by atoms with Crippen LogP contribution in [-0.4, -0.2) is 73.4 Å². The van der Waals surface area contributed by atoms with Crippen LogP contribution >= 0.6 is 11.6 Å². The SMILES string of the molecule is COc1ccccc1N1CCN(CC(O)CNC(=O)c2cccnc2Nc2ccc(Cl)cc2)CC1. The van der Waals surface area contributed by atoms with Crippen LogP contribution in [0.2, 0.25) is 5.02 Å². The summed E-state index contributed by atoms with van der Waals surface area (Å²) in [7, 11) is 1.68. The van der Waals surface area contributed by atoms with Gasteiger partial charge in [-0.25, -0.2) is 4.98 Å². The van der Waals surface area contributed by atoms with Crippen LogP contribution in [0.3, 0.4) is 0 Å². The number of pyridine rings is 1. The Morgan fingerprint density at radius 3 is 2.57 bits per heavy atom. The number of carbonyl (C=O) groups is 1. The number of nitrogens with zero attached hydrogens (tertiary/aromatic N) is 3. The smallest absolute Gasteiger partial charge is 0.255 e. The Balaban J connectivity index is 1.26. The largest absolute Gasteiger partial charge is 0.495 e. The summed E-state index contributed by atoms with van der Waals surface area (Å²) in [6.45, 7) is 3.97. The van der Waals surface area contributed by atoms with Crippen molar-refractivity contribution < 1.29 is 14.6 Å². The summed E-state index contributed by atoms with van der Waals surface area (Å²) in [4.78, 5) is 21.6. The molecule has 1 aromatic heterocycles. The first-order valence-electron chi connectivity index (χ1n) is 11.6. The molecule has 1 saturated heterocycles. The fourth-order valence-corrected chi connectivity index (χ4v) is 4.21. The number of β-amino-alcohol motifs (C(OH)–C–C–N with tert-alkyl or cyclic N) is 1. The molecule has 1 aliphatic heterocycles. The molecule has 8 nitrogen and oxygen atoms in total. The number of piperazine rings is 1. The average Bonchev–Trinajstić information content (AvgIpc) is 2.89. The number of aliphatic hydroxyl groups excluding tert-OH is 1. The zero-order valence-electron chi connectivity index (χ0n) is 19.7. The molecule has 35 heavy (non-hydrogen) atoms. The maximum atomic E-state index is 12.8. The third-order valence-electron chi connectivity index (χ3n) is 5.92. The van der Waals surface area contributed by atoms with Crippen molar-refractivity contribution in [3.8, 4) is 5.75 Å². The van der Waals surface area contributed by atoms with Crippen LogP contribution in [0, 0.1) is 0 Å². The molecule has 2 aromatic carbocycles. The molecule has 1 unspecified atom stereocenters. The Kier molecular flexibility index (Phi) is 8.41. The number of para-hydroxylation sites is 2. The number of hydrogen-bond acceptors (Lipinski definition) is 7. The highest BCUT2D eigenvalue weighted by molar-refractivity contribution is 6.30. The van der Waals surface area contributed by atoms with E-state index in [0.717, 1.165) is 43.3 Å². The lowest BCUT2D eigenvalue weighted by atomic mass is 10.2. The number of halogens is 1. The predicted octanol–water partition coefficient (Wildman–Crippen LogP) is 3.40. The first kappa shape index (κ1) is 24.8. The molecule has 184 valence electrons. The molecule has 1 amide bonds. The average molecular weight is 496 g/mol. The number of rotatable bonds is 9. The van der Waals surface area contributed by atoms with Crippen molar-refractivity contribution >= 4 is 34.7 Å². The van der Waals surface area contributed by atoms with Gasteiger partial charge in [-0.3, -0.25) is 9.69 Å². The van der Waals surface area contributed by atoms with Gasteiger partial charge in [0.2, 0.25) is 0 Å². The van der Waals surface area contributed by atoms with Gasteiger partial charge >= 0.3 is 0 Å². The molecule has 2 heterocycles. The Morgan fingerprint density at radius 1 is 1.09 bits per heavy atom. The summed E-state index contributed by atoms with van der Waals surface area (Å²) in [6, 6.07) is 18.6. The van der Waals surface area contributed by atoms with Gasteiger partial charge in [-0.1, -0.05) is 23.7 Å². The molecular weight excluding hydrogens is 466 g/mol. The molecular formula is C26H30ClN5O3. The number of carbonyl (C=O) groups excluding carboxylic acids is 1. The highest BCUT2D eigenvalue weighted by Crippen LogP contribution is 2.28. The summed E-state index contributed by atoms with van der Waals surface area (Å²) < 4.78 is 5.48. The second-order valence-corrected chi connectivity index (χ2v) is 8.79. The molecule has 1 fully saturated rings.